The Kier molecular flexibility index (Phi) is 6.46. The second-order valence-corrected chi connectivity index (χ2v) is 7.38. The number of hydrogen-bond donors (Lipinski definition) is 2. The van der Waals surface area contributed by atoms with Crippen molar-refractivity contribution < 1.29 is 8.78 Å². The lowest BCUT2D eigenvalue weighted by Gasteiger charge is -2.32. The third-order valence-electron chi connectivity index (χ3n) is 5.34. The summed E-state index contributed by atoms with van der Waals surface area (Å²) in [4.78, 5) is 6.43. The number of aryl methyl sites for hydroxylation is 1. The molecule has 1 aromatic rings. The molecule has 0 radical (unpaired) electrons. The van der Waals surface area contributed by atoms with E-state index in [2.05, 4.69) is 46.8 Å². The van der Waals surface area contributed by atoms with E-state index >= 15 is 0 Å². The number of benzene rings is 1. The normalized spacial score (nSPS) is 24.7. The topological polar surface area (TPSA) is 39.7 Å². The summed E-state index contributed by atoms with van der Waals surface area (Å²) in [5.74, 6) is 1.41. The molecule has 1 aromatic carbocycles. The minimum Gasteiger partial charge on any atom is -0.354 e. The molecule has 0 bridgehead atoms. The Balaban J connectivity index is 1.49. The van der Waals surface area contributed by atoms with Crippen molar-refractivity contribution in [1.82, 2.24) is 15.5 Å². The van der Waals surface area contributed by atoms with Gasteiger partial charge in [-0.3, -0.25) is 9.89 Å². The number of alkyl halides is 2. The molecule has 144 valence electrons. The molecular formula is C20H30F2N4. The Morgan fingerprint density at radius 2 is 1.96 bits per heavy atom. The van der Waals surface area contributed by atoms with Gasteiger partial charge in [0.1, 0.15) is 0 Å². The Morgan fingerprint density at radius 3 is 2.62 bits per heavy atom. The van der Waals surface area contributed by atoms with Crippen LogP contribution in [-0.2, 0) is 0 Å². The first-order chi connectivity index (χ1) is 12.6. The van der Waals surface area contributed by atoms with Gasteiger partial charge in [0.05, 0.1) is 6.54 Å². The molecule has 1 aliphatic carbocycles. The zero-order valence-corrected chi connectivity index (χ0v) is 15.7. The van der Waals surface area contributed by atoms with Crippen molar-refractivity contribution in [1.29, 1.82) is 0 Å². The predicted molar refractivity (Wildman–Crippen MR) is 102 cm³/mol. The van der Waals surface area contributed by atoms with Gasteiger partial charge in [-0.15, -0.1) is 0 Å². The van der Waals surface area contributed by atoms with Gasteiger partial charge in [-0.2, -0.15) is 0 Å². The summed E-state index contributed by atoms with van der Waals surface area (Å²) in [5, 5.41) is 7.08. The highest BCUT2D eigenvalue weighted by Gasteiger charge is 2.40. The fourth-order valence-corrected chi connectivity index (χ4v) is 3.82. The quantitative estimate of drug-likeness (QED) is 0.602. The molecule has 2 N–H and O–H groups in total. The molecule has 1 aliphatic heterocycles. The molecule has 6 heteroatoms. The molecule has 1 saturated heterocycles. The Morgan fingerprint density at radius 1 is 1.23 bits per heavy atom. The number of halogens is 2. The lowest BCUT2D eigenvalue weighted by atomic mass is 10.0. The summed E-state index contributed by atoms with van der Waals surface area (Å²) in [7, 11) is 0. The van der Waals surface area contributed by atoms with Crippen molar-refractivity contribution in [2.24, 2.45) is 4.99 Å². The van der Waals surface area contributed by atoms with E-state index in [4.69, 9.17) is 0 Å². The van der Waals surface area contributed by atoms with Crippen LogP contribution in [0.2, 0.25) is 0 Å². The second-order valence-electron chi connectivity index (χ2n) is 7.38. The van der Waals surface area contributed by atoms with Gasteiger partial charge in [0.15, 0.2) is 5.96 Å². The third kappa shape index (κ3) is 5.16. The molecule has 2 fully saturated rings. The number of guanidine groups is 1. The fraction of sp³-hybridized carbons (Fsp3) is 0.650. The number of nitrogens with one attached hydrogen (secondary N) is 2. The Hall–Kier alpha value is -1.69. The summed E-state index contributed by atoms with van der Waals surface area (Å²) in [6, 6.07) is 9.28. The summed E-state index contributed by atoms with van der Waals surface area (Å²) in [5.41, 5.74) is 2.76. The van der Waals surface area contributed by atoms with E-state index in [-0.39, 0.29) is 6.54 Å². The van der Waals surface area contributed by atoms with Crippen molar-refractivity contribution in [2.45, 2.75) is 57.5 Å². The smallest absolute Gasteiger partial charge is 0.251 e. The molecule has 2 unspecified atom stereocenters. The van der Waals surface area contributed by atoms with Crippen LogP contribution in [-0.4, -0.2) is 55.5 Å². The highest BCUT2D eigenvalue weighted by molar-refractivity contribution is 5.81. The fourth-order valence-electron chi connectivity index (χ4n) is 3.82. The van der Waals surface area contributed by atoms with E-state index in [1.54, 1.807) is 0 Å². The molecule has 3 rings (SSSR count). The largest absolute Gasteiger partial charge is 0.354 e. The van der Waals surface area contributed by atoms with Gasteiger partial charge >= 0.3 is 0 Å². The van der Waals surface area contributed by atoms with Gasteiger partial charge < -0.3 is 10.6 Å². The Labute approximate surface area is 155 Å². The van der Waals surface area contributed by atoms with Crippen molar-refractivity contribution in [3.05, 3.63) is 35.4 Å². The predicted octanol–water partition coefficient (Wildman–Crippen LogP) is 3.14. The number of aliphatic imine (C=N–C) groups is 1. The van der Waals surface area contributed by atoms with E-state index in [0.717, 1.165) is 44.9 Å². The van der Waals surface area contributed by atoms with Crippen LogP contribution in [0.5, 0.6) is 0 Å². The number of nitrogens with zero attached hydrogens (tertiary/aromatic N) is 2. The van der Waals surface area contributed by atoms with Gasteiger partial charge in [-0.1, -0.05) is 24.3 Å². The lowest BCUT2D eigenvalue weighted by Crippen LogP contribution is -2.50. The van der Waals surface area contributed by atoms with Gasteiger partial charge in [-0.25, -0.2) is 8.78 Å². The van der Waals surface area contributed by atoms with E-state index in [9.17, 15) is 8.78 Å². The molecule has 0 aromatic heterocycles. The van der Waals surface area contributed by atoms with Crippen molar-refractivity contribution in [2.75, 3.05) is 26.2 Å². The van der Waals surface area contributed by atoms with E-state index < -0.39 is 6.43 Å². The van der Waals surface area contributed by atoms with Crippen LogP contribution in [0, 0.1) is 6.92 Å². The van der Waals surface area contributed by atoms with Crippen LogP contribution in [0.15, 0.2) is 29.3 Å². The van der Waals surface area contributed by atoms with Crippen LogP contribution >= 0.6 is 0 Å². The van der Waals surface area contributed by atoms with Crippen molar-refractivity contribution >= 4 is 5.96 Å². The minimum absolute atomic E-state index is 0.110. The van der Waals surface area contributed by atoms with Crippen LogP contribution in [0.25, 0.3) is 0 Å². The molecule has 2 aliphatic rings. The zero-order chi connectivity index (χ0) is 18.5. The maximum atomic E-state index is 12.5. The number of piperidine rings is 1. The summed E-state index contributed by atoms with van der Waals surface area (Å²) >= 11 is 0. The van der Waals surface area contributed by atoms with Gasteiger partial charge in [-0.05, 0) is 44.2 Å². The first-order valence-corrected chi connectivity index (χ1v) is 9.70. The minimum atomic E-state index is -2.24. The SMILES string of the molecule is CCN=C(NC1CCN(CC(F)F)CC1)NC1CC1c1ccccc1C. The third-order valence-corrected chi connectivity index (χ3v) is 5.34. The average molecular weight is 364 g/mol. The number of rotatable bonds is 6. The summed E-state index contributed by atoms with van der Waals surface area (Å²) in [6.45, 7) is 6.24. The Bertz CT molecular complexity index is 612. The first kappa shape index (κ1) is 19.1. The first-order valence-electron chi connectivity index (χ1n) is 9.70. The van der Waals surface area contributed by atoms with Crippen LogP contribution in [0.4, 0.5) is 8.78 Å². The van der Waals surface area contributed by atoms with Crippen LogP contribution in [0.3, 0.4) is 0 Å². The van der Waals surface area contributed by atoms with Gasteiger partial charge in [0.2, 0.25) is 0 Å². The maximum Gasteiger partial charge on any atom is 0.251 e. The average Bonchev–Trinajstić information content (AvgIpc) is 3.35. The maximum absolute atomic E-state index is 12.5. The number of hydrogen-bond acceptors (Lipinski definition) is 2. The number of likely N-dealkylation sites (tertiary alicyclic amines) is 1. The van der Waals surface area contributed by atoms with Crippen LogP contribution < -0.4 is 10.6 Å². The summed E-state index contributed by atoms with van der Waals surface area (Å²) < 4.78 is 25.0. The molecule has 1 saturated carbocycles. The highest BCUT2D eigenvalue weighted by atomic mass is 19.3. The monoisotopic (exact) mass is 364 g/mol. The lowest BCUT2D eigenvalue weighted by molar-refractivity contribution is 0.0744. The van der Waals surface area contributed by atoms with Crippen molar-refractivity contribution in [3.63, 3.8) is 0 Å². The van der Waals surface area contributed by atoms with Crippen LogP contribution in [0.1, 0.15) is 43.2 Å². The summed E-state index contributed by atoms with van der Waals surface area (Å²) in [6.07, 6.45) is 0.639. The molecule has 4 nitrogen and oxygen atoms in total. The van der Waals surface area contributed by atoms with E-state index in [1.807, 2.05) is 11.8 Å². The molecule has 0 amide bonds. The van der Waals surface area contributed by atoms with Gasteiger partial charge in [0.25, 0.3) is 6.43 Å². The molecule has 2 atom stereocenters. The molecule has 1 heterocycles. The van der Waals surface area contributed by atoms with E-state index in [1.165, 1.54) is 11.1 Å². The second kappa shape index (κ2) is 8.80. The van der Waals surface area contributed by atoms with Gasteiger partial charge in [0, 0.05) is 37.6 Å². The zero-order valence-electron chi connectivity index (χ0n) is 15.7. The van der Waals surface area contributed by atoms with Crippen molar-refractivity contribution in [3.8, 4) is 0 Å². The molecular weight excluding hydrogens is 334 g/mol. The standard InChI is InChI=1S/C20H30F2N4/c1-3-23-20(24-15-8-10-26(11-9-15)13-19(21)22)25-18-12-17(18)16-7-5-4-6-14(16)2/h4-7,15,17-19H,3,8-13H2,1-2H3,(H2,23,24,25). The van der Waals surface area contributed by atoms with E-state index in [0.29, 0.717) is 18.0 Å². The highest BCUT2D eigenvalue weighted by Crippen LogP contribution is 2.42. The molecule has 26 heavy (non-hydrogen) atoms. The molecule has 0 spiro atoms.